The van der Waals surface area contributed by atoms with E-state index < -0.39 is 0 Å². The lowest BCUT2D eigenvalue weighted by Crippen LogP contribution is -2.60. The Labute approximate surface area is 117 Å². The number of hydrogen-bond acceptors (Lipinski definition) is 4. The normalized spacial score (nSPS) is 24.5. The van der Waals surface area contributed by atoms with Gasteiger partial charge in [-0.05, 0) is 25.5 Å². The highest BCUT2D eigenvalue weighted by Gasteiger charge is 2.50. The van der Waals surface area contributed by atoms with Crippen molar-refractivity contribution in [2.45, 2.75) is 24.2 Å². The van der Waals surface area contributed by atoms with Gasteiger partial charge in [-0.2, -0.15) is 0 Å². The van der Waals surface area contributed by atoms with Crippen molar-refractivity contribution in [2.24, 2.45) is 0 Å². The predicted octanol–water partition coefficient (Wildman–Crippen LogP) is 1.74. The maximum Gasteiger partial charge on any atom is 0.255 e. The molecule has 0 unspecified atom stereocenters. The van der Waals surface area contributed by atoms with Gasteiger partial charge in [0.25, 0.3) is 5.91 Å². The van der Waals surface area contributed by atoms with E-state index in [9.17, 15) is 4.79 Å². The van der Waals surface area contributed by atoms with Gasteiger partial charge in [0.15, 0.2) is 0 Å². The molecule has 2 fully saturated rings. The second kappa shape index (κ2) is 4.80. The molecule has 1 amide bonds. The Morgan fingerprint density at radius 3 is 2.89 bits per heavy atom. The van der Waals surface area contributed by atoms with Crippen molar-refractivity contribution in [2.75, 3.05) is 26.0 Å². The van der Waals surface area contributed by atoms with Crippen molar-refractivity contribution in [3.05, 3.63) is 29.6 Å². The second-order valence-corrected chi connectivity index (χ2v) is 6.89. The van der Waals surface area contributed by atoms with E-state index in [0.29, 0.717) is 11.7 Å². The van der Waals surface area contributed by atoms with Crippen LogP contribution in [0.1, 0.15) is 22.5 Å². The van der Waals surface area contributed by atoms with Crippen LogP contribution in [-0.4, -0.2) is 52.6 Å². The summed E-state index contributed by atoms with van der Waals surface area (Å²) in [6.45, 7) is 3.60. The number of nitrogens with zero attached hydrogens (tertiary/aromatic N) is 2. The fourth-order valence-corrected chi connectivity index (χ4v) is 4.34. The Kier molecular flexibility index (Phi) is 3.27. The number of thioether (sulfide) groups is 1. The van der Waals surface area contributed by atoms with E-state index in [1.165, 1.54) is 0 Å². The molecule has 0 radical (unpaired) electrons. The van der Waals surface area contributed by atoms with E-state index in [1.54, 1.807) is 13.3 Å². The third-order valence-electron chi connectivity index (χ3n) is 3.91. The lowest BCUT2D eigenvalue weighted by Gasteiger charge is -2.47. The van der Waals surface area contributed by atoms with E-state index in [2.05, 4.69) is 4.98 Å². The molecule has 0 saturated carbocycles. The van der Waals surface area contributed by atoms with Gasteiger partial charge in [0, 0.05) is 37.8 Å². The molecule has 0 N–H and O–H groups in total. The van der Waals surface area contributed by atoms with Gasteiger partial charge in [0.05, 0.1) is 16.4 Å². The molecule has 0 bridgehead atoms. The average Bonchev–Trinajstić information content (AvgIpc) is 2.81. The van der Waals surface area contributed by atoms with Crippen molar-refractivity contribution in [3.8, 4) is 0 Å². The van der Waals surface area contributed by atoms with Crippen LogP contribution in [-0.2, 0) is 4.74 Å². The molecule has 1 aromatic rings. The smallest absolute Gasteiger partial charge is 0.255 e. The molecule has 102 valence electrons. The molecule has 19 heavy (non-hydrogen) atoms. The summed E-state index contributed by atoms with van der Waals surface area (Å²) in [6.07, 6.45) is 3.08. The first kappa shape index (κ1) is 12.9. The van der Waals surface area contributed by atoms with Gasteiger partial charge >= 0.3 is 0 Å². The third-order valence-corrected chi connectivity index (χ3v) is 5.49. The number of methoxy groups -OCH3 is 1. The molecule has 1 aromatic heterocycles. The van der Waals surface area contributed by atoms with Crippen LogP contribution in [0.4, 0.5) is 0 Å². The topological polar surface area (TPSA) is 42.4 Å². The van der Waals surface area contributed by atoms with E-state index >= 15 is 0 Å². The molecule has 3 rings (SSSR count). The second-order valence-electron chi connectivity index (χ2n) is 5.41. The van der Waals surface area contributed by atoms with Crippen LogP contribution >= 0.6 is 11.8 Å². The standard InChI is InChI=1S/C14H18N2O2S/c1-10-3-4-11(6-15-10)13(17)16-8-14(9-16)5-12(18-2)7-19-14/h3-4,6,12H,5,7-9H2,1-2H3/t12-/m1/s1. The molecular weight excluding hydrogens is 260 g/mol. The minimum atomic E-state index is 0.0968. The summed E-state index contributed by atoms with van der Waals surface area (Å²) in [5, 5.41) is 0. The summed E-state index contributed by atoms with van der Waals surface area (Å²) >= 11 is 1.95. The monoisotopic (exact) mass is 278 g/mol. The number of carbonyl (C=O) groups is 1. The Morgan fingerprint density at radius 1 is 1.53 bits per heavy atom. The SMILES string of the molecule is CO[C@H]1CSC2(C1)CN(C(=O)c1ccc(C)nc1)C2. The van der Waals surface area contributed by atoms with E-state index in [4.69, 9.17) is 4.74 Å². The highest BCUT2D eigenvalue weighted by Crippen LogP contribution is 2.46. The van der Waals surface area contributed by atoms with Gasteiger partial charge in [-0.3, -0.25) is 9.78 Å². The molecule has 2 saturated heterocycles. The minimum absolute atomic E-state index is 0.0968. The number of aryl methyl sites for hydroxylation is 1. The predicted molar refractivity (Wildman–Crippen MR) is 75.5 cm³/mol. The highest BCUT2D eigenvalue weighted by molar-refractivity contribution is 8.01. The number of ether oxygens (including phenoxy) is 1. The van der Waals surface area contributed by atoms with Crippen LogP contribution < -0.4 is 0 Å². The molecule has 2 aliphatic rings. The maximum absolute atomic E-state index is 12.3. The van der Waals surface area contributed by atoms with Gasteiger partial charge in [-0.15, -0.1) is 11.8 Å². The van der Waals surface area contributed by atoms with Gasteiger partial charge in [-0.1, -0.05) is 0 Å². The Hall–Kier alpha value is -1.07. The Morgan fingerprint density at radius 2 is 2.32 bits per heavy atom. The molecule has 4 nitrogen and oxygen atoms in total. The maximum atomic E-state index is 12.3. The van der Waals surface area contributed by atoms with Crippen LogP contribution in [0.3, 0.4) is 0 Å². The van der Waals surface area contributed by atoms with E-state index in [1.807, 2.05) is 35.7 Å². The van der Waals surface area contributed by atoms with Crippen LogP contribution in [0.5, 0.6) is 0 Å². The Bertz CT molecular complexity index is 483. The number of likely N-dealkylation sites (tertiary alicyclic amines) is 1. The summed E-state index contributed by atoms with van der Waals surface area (Å²) in [7, 11) is 1.77. The first-order valence-corrected chi connectivity index (χ1v) is 7.49. The summed E-state index contributed by atoms with van der Waals surface area (Å²) < 4.78 is 5.65. The molecule has 0 aromatic carbocycles. The van der Waals surface area contributed by atoms with Gasteiger partial charge in [0.2, 0.25) is 0 Å². The quantitative estimate of drug-likeness (QED) is 0.826. The fourth-order valence-electron chi connectivity index (χ4n) is 2.74. The lowest BCUT2D eigenvalue weighted by atomic mass is 9.92. The summed E-state index contributed by atoms with van der Waals surface area (Å²) in [5.74, 6) is 1.14. The number of carbonyl (C=O) groups excluding carboxylic acids is 1. The van der Waals surface area contributed by atoms with Crippen LogP contribution in [0, 0.1) is 6.92 Å². The lowest BCUT2D eigenvalue weighted by molar-refractivity contribution is 0.0451. The van der Waals surface area contributed by atoms with Crippen LogP contribution in [0.2, 0.25) is 0 Å². The third kappa shape index (κ3) is 2.37. The average molecular weight is 278 g/mol. The van der Waals surface area contributed by atoms with Crippen LogP contribution in [0.25, 0.3) is 0 Å². The van der Waals surface area contributed by atoms with Crippen molar-refractivity contribution in [3.63, 3.8) is 0 Å². The zero-order valence-corrected chi connectivity index (χ0v) is 12.1. The summed E-state index contributed by atoms with van der Waals surface area (Å²) in [6, 6.07) is 3.74. The minimum Gasteiger partial charge on any atom is -0.381 e. The number of pyridine rings is 1. The Balaban J connectivity index is 1.61. The summed E-state index contributed by atoms with van der Waals surface area (Å²) in [5.41, 5.74) is 1.62. The summed E-state index contributed by atoms with van der Waals surface area (Å²) in [4.78, 5) is 18.4. The van der Waals surface area contributed by atoms with E-state index in [-0.39, 0.29) is 10.7 Å². The molecule has 3 heterocycles. The molecule has 1 atom stereocenters. The zero-order valence-electron chi connectivity index (χ0n) is 11.3. The molecule has 0 aliphatic carbocycles. The van der Waals surface area contributed by atoms with Crippen molar-refractivity contribution in [1.29, 1.82) is 0 Å². The van der Waals surface area contributed by atoms with E-state index in [0.717, 1.165) is 31.0 Å². The van der Waals surface area contributed by atoms with Crippen LogP contribution in [0.15, 0.2) is 18.3 Å². The van der Waals surface area contributed by atoms with Crippen molar-refractivity contribution >= 4 is 17.7 Å². The number of hydrogen-bond donors (Lipinski definition) is 0. The van der Waals surface area contributed by atoms with Crippen molar-refractivity contribution in [1.82, 2.24) is 9.88 Å². The molecule has 2 aliphatic heterocycles. The number of amides is 1. The molecule has 1 spiro atoms. The zero-order chi connectivity index (χ0) is 13.5. The number of aromatic nitrogens is 1. The number of rotatable bonds is 2. The molecule has 5 heteroatoms. The van der Waals surface area contributed by atoms with Gasteiger partial charge < -0.3 is 9.64 Å². The first-order chi connectivity index (χ1) is 9.12. The van der Waals surface area contributed by atoms with Crippen molar-refractivity contribution < 1.29 is 9.53 Å². The largest absolute Gasteiger partial charge is 0.381 e. The highest BCUT2D eigenvalue weighted by atomic mass is 32.2. The molecular formula is C14H18N2O2S. The first-order valence-electron chi connectivity index (χ1n) is 6.51. The van der Waals surface area contributed by atoms with Gasteiger partial charge in [-0.25, -0.2) is 0 Å². The van der Waals surface area contributed by atoms with Gasteiger partial charge in [0.1, 0.15) is 0 Å². The fraction of sp³-hybridized carbons (Fsp3) is 0.571.